The molecule has 0 spiro atoms. The van der Waals surface area contributed by atoms with Crippen LogP contribution in [0.1, 0.15) is 18.2 Å². The van der Waals surface area contributed by atoms with Crippen molar-refractivity contribution >= 4 is 22.4 Å². The van der Waals surface area contributed by atoms with Gasteiger partial charge in [0.25, 0.3) is 5.56 Å². The molecule has 2 aromatic carbocycles. The van der Waals surface area contributed by atoms with Gasteiger partial charge in [-0.2, -0.15) is 0 Å². The molecule has 6 nitrogen and oxygen atoms in total. The number of nitrogens with one attached hydrogen (secondary N) is 1. The first kappa shape index (κ1) is 17.7. The summed E-state index contributed by atoms with van der Waals surface area (Å²) in [4.78, 5) is 24.2. The summed E-state index contributed by atoms with van der Waals surface area (Å²) in [6.07, 6.45) is 3.47. The van der Waals surface area contributed by atoms with Gasteiger partial charge in [-0.05, 0) is 53.8 Å². The zero-order valence-corrected chi connectivity index (χ0v) is 15.6. The maximum Gasteiger partial charge on any atom is 0.258 e. The Morgan fingerprint density at radius 2 is 2.04 bits per heavy atom. The van der Waals surface area contributed by atoms with Gasteiger partial charge >= 0.3 is 0 Å². The van der Waals surface area contributed by atoms with Gasteiger partial charge in [-0.3, -0.25) is 9.59 Å². The number of carbonyl (C=O) groups excluding carboxylic acids is 1. The van der Waals surface area contributed by atoms with Crippen LogP contribution in [0.3, 0.4) is 0 Å². The molecule has 0 saturated carbocycles. The molecule has 1 N–H and O–H groups in total. The molecule has 0 atom stereocenters. The summed E-state index contributed by atoms with van der Waals surface area (Å²) >= 11 is 0. The number of fused-ring (bicyclic) bond motifs is 1. The molecule has 0 aliphatic heterocycles. The highest BCUT2D eigenvalue weighted by Gasteiger charge is 2.09. The van der Waals surface area contributed by atoms with E-state index in [0.29, 0.717) is 17.6 Å². The molecule has 1 amide bonds. The third-order valence-electron chi connectivity index (χ3n) is 4.64. The second-order valence-electron chi connectivity index (χ2n) is 6.73. The van der Waals surface area contributed by atoms with E-state index < -0.39 is 0 Å². The maximum atomic E-state index is 12.9. The number of aromatic nitrogens is 2. The van der Waals surface area contributed by atoms with Crippen LogP contribution in [-0.2, 0) is 11.3 Å². The van der Waals surface area contributed by atoms with Crippen LogP contribution < -0.4 is 10.9 Å². The third kappa shape index (κ3) is 3.44. The minimum absolute atomic E-state index is 0.0592. The van der Waals surface area contributed by atoms with Crippen LogP contribution in [-0.4, -0.2) is 15.6 Å². The van der Waals surface area contributed by atoms with Crippen molar-refractivity contribution in [3.05, 3.63) is 82.6 Å². The van der Waals surface area contributed by atoms with Gasteiger partial charge in [-0.25, -0.2) is 0 Å². The predicted molar refractivity (Wildman–Crippen MR) is 108 cm³/mol. The monoisotopic (exact) mass is 373 g/mol. The number of benzene rings is 2. The van der Waals surface area contributed by atoms with Crippen LogP contribution in [0.15, 0.2) is 70.2 Å². The summed E-state index contributed by atoms with van der Waals surface area (Å²) in [6.45, 7) is 3.75. The standard InChI is InChI=1S/C22H19N3O3/c1-14-21(12-23-28-14)17-6-7-20-18(11-17)8-9-25(22(20)27)13-16-4-3-5-19(10-16)24-15(2)26/h3-12H,13H2,1-2H3,(H,24,26). The molecule has 28 heavy (non-hydrogen) atoms. The minimum atomic E-state index is -0.126. The number of pyridine rings is 1. The lowest BCUT2D eigenvalue weighted by atomic mass is 10.0. The van der Waals surface area contributed by atoms with Crippen LogP contribution in [0.5, 0.6) is 0 Å². The molecule has 6 heteroatoms. The lowest BCUT2D eigenvalue weighted by Gasteiger charge is -2.10. The van der Waals surface area contributed by atoms with Gasteiger partial charge in [-0.15, -0.1) is 0 Å². The van der Waals surface area contributed by atoms with E-state index in [2.05, 4.69) is 10.5 Å². The fourth-order valence-corrected chi connectivity index (χ4v) is 3.30. The number of nitrogens with zero attached hydrogens (tertiary/aromatic N) is 2. The minimum Gasteiger partial charge on any atom is -0.361 e. The Hall–Kier alpha value is -3.67. The van der Waals surface area contributed by atoms with Gasteiger partial charge in [0.05, 0.1) is 12.7 Å². The number of rotatable bonds is 4. The highest BCUT2D eigenvalue weighted by Crippen LogP contribution is 2.25. The van der Waals surface area contributed by atoms with Gasteiger partial charge in [0.2, 0.25) is 5.91 Å². The van der Waals surface area contributed by atoms with Crippen LogP contribution in [0.25, 0.3) is 21.9 Å². The molecule has 140 valence electrons. The number of amides is 1. The number of anilines is 1. The Kier molecular flexibility index (Phi) is 4.53. The van der Waals surface area contributed by atoms with Crippen molar-refractivity contribution in [1.29, 1.82) is 0 Å². The molecule has 0 bridgehead atoms. The number of hydrogen-bond acceptors (Lipinski definition) is 4. The zero-order chi connectivity index (χ0) is 19.7. The Balaban J connectivity index is 1.68. The van der Waals surface area contributed by atoms with E-state index in [1.54, 1.807) is 17.0 Å². The Bertz CT molecular complexity index is 1240. The quantitative estimate of drug-likeness (QED) is 0.587. The van der Waals surface area contributed by atoms with E-state index in [0.717, 1.165) is 27.8 Å². The zero-order valence-electron chi connectivity index (χ0n) is 15.6. The summed E-state index contributed by atoms with van der Waals surface area (Å²) in [7, 11) is 0. The average molecular weight is 373 g/mol. The lowest BCUT2D eigenvalue weighted by Crippen LogP contribution is -2.20. The highest BCUT2D eigenvalue weighted by molar-refractivity contribution is 5.88. The van der Waals surface area contributed by atoms with Crippen LogP contribution >= 0.6 is 0 Å². The largest absolute Gasteiger partial charge is 0.361 e. The van der Waals surface area contributed by atoms with Crippen LogP contribution in [0.4, 0.5) is 5.69 Å². The first-order chi connectivity index (χ1) is 13.5. The summed E-state index contributed by atoms with van der Waals surface area (Å²) in [5, 5.41) is 8.09. The van der Waals surface area contributed by atoms with E-state index in [4.69, 9.17) is 4.52 Å². The van der Waals surface area contributed by atoms with E-state index >= 15 is 0 Å². The molecule has 0 radical (unpaired) electrons. The van der Waals surface area contributed by atoms with Gasteiger partial charge in [0.1, 0.15) is 5.76 Å². The maximum absolute atomic E-state index is 12.9. The van der Waals surface area contributed by atoms with E-state index in [1.165, 1.54) is 6.92 Å². The van der Waals surface area contributed by atoms with E-state index in [1.807, 2.05) is 55.5 Å². The fraction of sp³-hybridized carbons (Fsp3) is 0.136. The summed E-state index contributed by atoms with van der Waals surface area (Å²) in [6, 6.07) is 15.1. The summed E-state index contributed by atoms with van der Waals surface area (Å²) in [5.41, 5.74) is 3.47. The molecule has 0 aliphatic rings. The van der Waals surface area contributed by atoms with Crippen molar-refractivity contribution in [2.75, 3.05) is 5.32 Å². The first-order valence-electron chi connectivity index (χ1n) is 8.92. The fourth-order valence-electron chi connectivity index (χ4n) is 3.30. The molecule has 2 aromatic heterocycles. The van der Waals surface area contributed by atoms with Gasteiger partial charge in [0, 0.05) is 29.8 Å². The van der Waals surface area contributed by atoms with Crippen molar-refractivity contribution in [2.24, 2.45) is 0 Å². The van der Waals surface area contributed by atoms with E-state index in [9.17, 15) is 9.59 Å². The predicted octanol–water partition coefficient (Wildman–Crippen LogP) is 3.97. The molecule has 4 aromatic rings. The summed E-state index contributed by atoms with van der Waals surface area (Å²) < 4.78 is 6.80. The molecule has 0 aliphatic carbocycles. The molecular formula is C22H19N3O3. The molecule has 0 fully saturated rings. The normalized spacial score (nSPS) is 10.9. The average Bonchev–Trinajstić information content (AvgIpc) is 3.09. The molecule has 4 rings (SSSR count). The smallest absolute Gasteiger partial charge is 0.258 e. The number of aryl methyl sites for hydroxylation is 1. The molecule has 0 unspecified atom stereocenters. The number of hydrogen-bond donors (Lipinski definition) is 1. The van der Waals surface area contributed by atoms with Gasteiger partial charge in [-0.1, -0.05) is 23.4 Å². The van der Waals surface area contributed by atoms with Crippen LogP contribution in [0, 0.1) is 6.92 Å². The summed E-state index contributed by atoms with van der Waals surface area (Å²) in [5.74, 6) is 0.616. The molecular weight excluding hydrogens is 354 g/mol. The number of carbonyl (C=O) groups is 1. The second kappa shape index (κ2) is 7.15. The van der Waals surface area contributed by atoms with Crippen molar-refractivity contribution < 1.29 is 9.32 Å². The van der Waals surface area contributed by atoms with Crippen LogP contribution in [0.2, 0.25) is 0 Å². The van der Waals surface area contributed by atoms with Crippen molar-refractivity contribution in [1.82, 2.24) is 9.72 Å². The highest BCUT2D eigenvalue weighted by atomic mass is 16.5. The van der Waals surface area contributed by atoms with Gasteiger partial charge < -0.3 is 14.4 Å². The van der Waals surface area contributed by atoms with Gasteiger partial charge in [0.15, 0.2) is 0 Å². The van der Waals surface area contributed by atoms with Crippen molar-refractivity contribution in [2.45, 2.75) is 20.4 Å². The molecule has 2 heterocycles. The Morgan fingerprint density at radius 3 is 2.79 bits per heavy atom. The van der Waals surface area contributed by atoms with Crippen molar-refractivity contribution in [3.8, 4) is 11.1 Å². The lowest BCUT2D eigenvalue weighted by molar-refractivity contribution is -0.114. The van der Waals surface area contributed by atoms with Crippen molar-refractivity contribution in [3.63, 3.8) is 0 Å². The SMILES string of the molecule is CC(=O)Nc1cccc(Cn2ccc3cc(-c4cnoc4C)ccc3c2=O)c1. The Morgan fingerprint density at radius 1 is 1.18 bits per heavy atom. The first-order valence-corrected chi connectivity index (χ1v) is 8.92. The Labute approximate surface area is 161 Å². The third-order valence-corrected chi connectivity index (χ3v) is 4.64. The topological polar surface area (TPSA) is 77.1 Å². The van der Waals surface area contributed by atoms with E-state index in [-0.39, 0.29) is 11.5 Å². The second-order valence-corrected chi connectivity index (χ2v) is 6.73. The molecule has 0 saturated heterocycles.